The Balaban J connectivity index is 0. The molecule has 0 aliphatic heterocycles. The van der Waals surface area contributed by atoms with E-state index < -0.39 is 31.6 Å². The zero-order valence-electron chi connectivity index (χ0n) is 4.24. The van der Waals surface area contributed by atoms with Gasteiger partial charge in [0.2, 0.25) is 0 Å². The van der Waals surface area contributed by atoms with Crippen LogP contribution in [0.15, 0.2) is 0 Å². The molecule has 0 bridgehead atoms. The zero-order valence-corrected chi connectivity index (χ0v) is 6.69. The van der Waals surface area contributed by atoms with Crippen molar-refractivity contribution < 1.29 is 30.8 Å². The maximum atomic E-state index is 9.26. The van der Waals surface area contributed by atoms with Crippen LogP contribution in [0.1, 0.15) is 0 Å². The normalized spacial score (nSPS) is 15.3. The summed E-state index contributed by atoms with van der Waals surface area (Å²) in [5.74, 6) is 0. The van der Waals surface area contributed by atoms with E-state index in [1.165, 1.54) is 0 Å². The Morgan fingerprint density at radius 1 is 0.700 bits per heavy atom. The maximum Gasteiger partial charge on any atom is 0.299 e. The Morgan fingerprint density at radius 2 is 0.800 bits per heavy atom. The molecule has 0 saturated carbocycles. The van der Waals surface area contributed by atoms with Gasteiger partial charge in [-0.1, -0.05) is 0 Å². The van der Waals surface area contributed by atoms with Crippen LogP contribution in [-0.2, 0) is 31.6 Å². The first kappa shape index (κ1) is 12.9. The molecule has 0 aromatic heterocycles. The van der Waals surface area contributed by atoms with Crippen LogP contribution >= 0.6 is 0 Å². The highest BCUT2D eigenvalue weighted by molar-refractivity contribution is 8.56. The van der Waals surface area contributed by atoms with Gasteiger partial charge in [0.25, 0.3) is 31.6 Å². The van der Waals surface area contributed by atoms with Gasteiger partial charge in [-0.15, -0.1) is 0 Å². The topological polar surface area (TPSA) is 132 Å². The minimum absolute atomic E-state index is 2.59. The number of hydrogen-bond acceptors (Lipinski definition) is 3. The van der Waals surface area contributed by atoms with Crippen LogP contribution in [0, 0.1) is 0 Å². The summed E-state index contributed by atoms with van der Waals surface area (Å²) in [5, 5.41) is 0. The molecule has 0 aliphatic rings. The van der Waals surface area contributed by atoms with Crippen molar-refractivity contribution in [1.29, 1.82) is 0 Å². The number of hydrogen-bond donors (Lipinski definition) is 4. The molecule has 0 aromatic carbocycles. The summed E-state index contributed by atoms with van der Waals surface area (Å²) in [6.45, 7) is 0. The third-order valence-corrected chi connectivity index (χ3v) is 1.10. The smallest absolute Gasteiger partial charge is 0.294 e. The van der Waals surface area contributed by atoms with Crippen LogP contribution in [0.5, 0.6) is 0 Å². The Hall–Kier alpha value is 0.290. The van der Waals surface area contributed by atoms with Crippen molar-refractivity contribution in [3.8, 4) is 0 Å². The summed E-state index contributed by atoms with van der Waals surface area (Å²) in [5.41, 5.74) is 0. The van der Waals surface area contributed by atoms with Gasteiger partial charge in [-0.25, -0.2) is 8.42 Å². The lowest BCUT2D eigenvalue weighted by atomic mass is 15.8. The van der Waals surface area contributed by atoms with E-state index in [1.54, 1.807) is 0 Å². The summed E-state index contributed by atoms with van der Waals surface area (Å²) in [4.78, 5) is 0. The summed E-state index contributed by atoms with van der Waals surface area (Å²) >= 11 is -2.61. The average molecular weight is 212 g/mol. The second-order valence-corrected chi connectivity index (χ2v) is 3.71. The van der Waals surface area contributed by atoms with Gasteiger partial charge in [0.05, 0.1) is 0 Å². The molecule has 10 heavy (non-hydrogen) atoms. The zero-order chi connectivity index (χ0) is 8.73. The van der Waals surface area contributed by atoms with E-state index in [2.05, 4.69) is 0 Å². The quantitative estimate of drug-likeness (QED) is 0.324. The molecule has 2 unspecified atom stereocenters. The van der Waals surface area contributed by atoms with Crippen LogP contribution in [-0.4, -0.2) is 30.8 Å². The van der Waals surface area contributed by atoms with Crippen molar-refractivity contribution >= 4 is 31.6 Å². The van der Waals surface area contributed by atoms with Gasteiger partial charge in [-0.3, -0.25) is 18.2 Å². The summed E-state index contributed by atoms with van der Waals surface area (Å²) in [7, 11) is -5.18. The Kier molecular flexibility index (Phi) is 9.56. The minimum atomic E-state index is -2.61. The maximum absolute atomic E-state index is 9.26. The monoisotopic (exact) mass is 212 g/mol. The lowest BCUT2D eigenvalue weighted by Crippen LogP contribution is -1.93. The molecule has 0 amide bonds. The van der Waals surface area contributed by atoms with Crippen molar-refractivity contribution in [1.82, 2.24) is 0 Å². The summed E-state index contributed by atoms with van der Waals surface area (Å²) in [6.07, 6.45) is 0. The van der Waals surface area contributed by atoms with Gasteiger partial charge in [-0.2, -0.15) is 4.21 Å². The predicted octanol–water partition coefficient (Wildman–Crippen LogP) is -0.974. The molecule has 0 rings (SSSR count). The molecule has 4 N–H and O–H groups in total. The molecule has 0 spiro atoms. The van der Waals surface area contributed by atoms with E-state index in [-0.39, 0.29) is 0 Å². The molecule has 0 radical (unpaired) electrons. The van der Waals surface area contributed by atoms with Crippen molar-refractivity contribution in [2.45, 2.75) is 0 Å². The molecular formula is H4O7S3. The minimum Gasteiger partial charge on any atom is -0.294 e. The number of rotatable bonds is 1. The highest BCUT2D eigenvalue weighted by Crippen LogP contribution is 1.74. The van der Waals surface area contributed by atoms with Crippen molar-refractivity contribution in [3.63, 3.8) is 0 Å². The van der Waals surface area contributed by atoms with Gasteiger partial charge in [-0.05, 0) is 0 Å². The van der Waals surface area contributed by atoms with Gasteiger partial charge >= 0.3 is 0 Å². The van der Waals surface area contributed by atoms with Crippen LogP contribution in [0.3, 0.4) is 0 Å². The van der Waals surface area contributed by atoms with Crippen LogP contribution < -0.4 is 0 Å². The van der Waals surface area contributed by atoms with E-state index in [9.17, 15) is 8.42 Å². The van der Waals surface area contributed by atoms with Crippen molar-refractivity contribution in [2.75, 3.05) is 0 Å². The van der Waals surface area contributed by atoms with Gasteiger partial charge < -0.3 is 0 Å². The van der Waals surface area contributed by atoms with Gasteiger partial charge in [0.1, 0.15) is 0 Å². The van der Waals surface area contributed by atoms with E-state index in [1.807, 2.05) is 0 Å². The first-order valence-electron chi connectivity index (χ1n) is 1.40. The Labute approximate surface area is 62.9 Å². The second-order valence-electron chi connectivity index (χ2n) is 0.665. The van der Waals surface area contributed by atoms with E-state index in [4.69, 9.17) is 22.4 Å². The molecule has 0 saturated heterocycles. The SMILES string of the molecule is O=S(O)O.O=S(O)S(=O)O. The van der Waals surface area contributed by atoms with Crippen LogP contribution in [0.25, 0.3) is 0 Å². The summed E-state index contributed by atoms with van der Waals surface area (Å²) in [6, 6.07) is 0. The van der Waals surface area contributed by atoms with Crippen molar-refractivity contribution in [3.05, 3.63) is 0 Å². The van der Waals surface area contributed by atoms with Gasteiger partial charge in [0, 0.05) is 0 Å². The fraction of sp³-hybridized carbons (Fsp3) is 0. The van der Waals surface area contributed by atoms with Gasteiger partial charge in [0.15, 0.2) is 0 Å². The lowest BCUT2D eigenvalue weighted by Gasteiger charge is -1.74. The standard InChI is InChI=1S/H2O4S2.H2O3S/c1-5(2)6(3)4;1-4(2)3/h(H,1,2)(H,3,4);(H2,1,2,3). The first-order valence-corrected chi connectivity index (χ1v) is 5.19. The molecule has 0 aromatic rings. The first-order chi connectivity index (χ1) is 4.37. The predicted molar refractivity (Wildman–Crippen MR) is 34.9 cm³/mol. The molecule has 0 fully saturated rings. The third-order valence-electron chi connectivity index (χ3n) is 0.122. The molecule has 2 atom stereocenters. The van der Waals surface area contributed by atoms with Crippen molar-refractivity contribution in [2.24, 2.45) is 0 Å². The Bertz CT molecular complexity index is 131. The second kappa shape index (κ2) is 7.40. The van der Waals surface area contributed by atoms with E-state index in [0.29, 0.717) is 0 Å². The fourth-order valence-corrected chi connectivity index (χ4v) is 0. The molecule has 0 heterocycles. The Morgan fingerprint density at radius 3 is 0.800 bits per heavy atom. The highest BCUT2D eigenvalue weighted by Gasteiger charge is 1.95. The highest BCUT2D eigenvalue weighted by atomic mass is 33.2. The van der Waals surface area contributed by atoms with Crippen LogP contribution in [0.4, 0.5) is 0 Å². The third kappa shape index (κ3) is 23.9. The molecule has 10 heteroatoms. The van der Waals surface area contributed by atoms with Crippen LogP contribution in [0.2, 0.25) is 0 Å². The molecular weight excluding hydrogens is 208 g/mol. The molecule has 7 nitrogen and oxygen atoms in total. The summed E-state index contributed by atoms with van der Waals surface area (Å²) < 4.78 is 56.5. The lowest BCUT2D eigenvalue weighted by molar-refractivity contribution is 0.454. The fourth-order valence-electron chi connectivity index (χ4n) is 0. The largest absolute Gasteiger partial charge is 0.299 e. The van der Waals surface area contributed by atoms with E-state index in [0.717, 1.165) is 0 Å². The average Bonchev–Trinajstić information content (AvgIpc) is 1.63. The molecule has 0 aliphatic carbocycles. The van der Waals surface area contributed by atoms with E-state index >= 15 is 0 Å². The molecule has 64 valence electrons.